The Morgan fingerprint density at radius 2 is 2.17 bits per heavy atom. The van der Waals surface area contributed by atoms with Gasteiger partial charge in [-0.05, 0) is 41.1 Å². The highest BCUT2D eigenvalue weighted by atomic mass is 79.9. The Kier molecular flexibility index (Phi) is 3.77. The predicted molar refractivity (Wildman–Crippen MR) is 66.0 cm³/mol. The van der Waals surface area contributed by atoms with E-state index in [0.29, 0.717) is 16.7 Å². The van der Waals surface area contributed by atoms with E-state index in [0.717, 1.165) is 18.2 Å². The number of halogens is 3. The molecule has 18 heavy (non-hydrogen) atoms. The average Bonchev–Trinajstić information content (AvgIpc) is 2.72. The van der Waals surface area contributed by atoms with E-state index in [2.05, 4.69) is 21.0 Å². The van der Waals surface area contributed by atoms with Crippen LogP contribution < -0.4 is 0 Å². The molecule has 0 aliphatic rings. The molecule has 96 valence electrons. The number of benzene rings is 1. The van der Waals surface area contributed by atoms with Gasteiger partial charge in [0, 0.05) is 12.1 Å². The molecule has 0 aliphatic heterocycles. The normalized spacial score (nSPS) is 12.7. The van der Waals surface area contributed by atoms with Crippen LogP contribution in [0, 0.1) is 11.6 Å². The zero-order valence-electron chi connectivity index (χ0n) is 9.57. The van der Waals surface area contributed by atoms with Crippen molar-refractivity contribution in [2.75, 3.05) is 0 Å². The van der Waals surface area contributed by atoms with E-state index in [1.54, 1.807) is 0 Å². The summed E-state index contributed by atoms with van der Waals surface area (Å²) in [7, 11) is 0. The van der Waals surface area contributed by atoms with Crippen molar-refractivity contribution >= 4 is 15.9 Å². The minimum absolute atomic E-state index is 0.106. The summed E-state index contributed by atoms with van der Waals surface area (Å²) in [5.74, 6) is -1.25. The zero-order chi connectivity index (χ0) is 13.3. The third-order valence-corrected chi connectivity index (χ3v) is 3.26. The van der Waals surface area contributed by atoms with Crippen LogP contribution >= 0.6 is 15.9 Å². The minimum Gasteiger partial charge on any atom is -0.382 e. The second-order valence-corrected chi connectivity index (χ2v) is 4.62. The first kappa shape index (κ1) is 13.2. The first-order valence-corrected chi connectivity index (χ1v) is 6.18. The van der Waals surface area contributed by atoms with E-state index in [1.807, 2.05) is 6.92 Å². The number of aliphatic hydroxyl groups is 1. The van der Waals surface area contributed by atoms with Gasteiger partial charge in [-0.3, -0.25) is 4.68 Å². The summed E-state index contributed by atoms with van der Waals surface area (Å²) in [6.07, 6.45) is 0.247. The van der Waals surface area contributed by atoms with Crippen LogP contribution in [0.4, 0.5) is 8.78 Å². The molecule has 1 unspecified atom stereocenters. The molecular formula is C12H11BrF2N2O. The summed E-state index contributed by atoms with van der Waals surface area (Å²) >= 11 is 3.24. The van der Waals surface area contributed by atoms with E-state index in [9.17, 15) is 13.9 Å². The quantitative estimate of drug-likeness (QED) is 0.945. The van der Waals surface area contributed by atoms with Crippen molar-refractivity contribution in [1.29, 1.82) is 0 Å². The van der Waals surface area contributed by atoms with Gasteiger partial charge in [0.15, 0.2) is 0 Å². The van der Waals surface area contributed by atoms with Crippen molar-refractivity contribution in [3.05, 3.63) is 51.8 Å². The molecule has 1 aromatic heterocycles. The highest BCUT2D eigenvalue weighted by molar-refractivity contribution is 9.10. The molecule has 3 nitrogen and oxygen atoms in total. The number of aliphatic hydroxyl groups excluding tert-OH is 1. The van der Waals surface area contributed by atoms with Crippen LogP contribution in [0.3, 0.4) is 0 Å². The largest absolute Gasteiger partial charge is 0.382 e. The molecule has 0 aliphatic carbocycles. The lowest BCUT2D eigenvalue weighted by atomic mass is 10.1. The molecule has 0 bridgehead atoms. The first-order chi connectivity index (χ1) is 8.54. The van der Waals surface area contributed by atoms with Crippen LogP contribution in [0.5, 0.6) is 0 Å². The van der Waals surface area contributed by atoms with Crippen LogP contribution in [0.1, 0.15) is 24.3 Å². The van der Waals surface area contributed by atoms with Gasteiger partial charge in [0.05, 0.1) is 16.4 Å². The summed E-state index contributed by atoms with van der Waals surface area (Å²) in [5, 5.41) is 14.2. The highest BCUT2D eigenvalue weighted by Gasteiger charge is 2.22. The van der Waals surface area contributed by atoms with Gasteiger partial charge < -0.3 is 5.11 Å². The molecule has 2 aromatic rings. The molecule has 1 N–H and O–H groups in total. The van der Waals surface area contributed by atoms with Crippen molar-refractivity contribution in [3.8, 4) is 0 Å². The van der Waals surface area contributed by atoms with Gasteiger partial charge in [-0.25, -0.2) is 8.78 Å². The van der Waals surface area contributed by atoms with Gasteiger partial charge in [-0.1, -0.05) is 0 Å². The number of aryl methyl sites for hydroxylation is 1. The fourth-order valence-electron chi connectivity index (χ4n) is 1.77. The summed E-state index contributed by atoms with van der Waals surface area (Å²) in [6, 6.07) is 2.99. The lowest BCUT2D eigenvalue weighted by molar-refractivity contribution is 0.201. The molecule has 6 heteroatoms. The summed E-state index contributed by atoms with van der Waals surface area (Å²) in [5.41, 5.74) is 0.299. The number of nitrogens with zero attached hydrogens (tertiary/aromatic N) is 2. The lowest BCUT2D eigenvalue weighted by Crippen LogP contribution is -2.11. The van der Waals surface area contributed by atoms with Gasteiger partial charge in [-0.2, -0.15) is 5.10 Å². The maximum absolute atomic E-state index is 13.6. The molecular weight excluding hydrogens is 306 g/mol. The van der Waals surface area contributed by atoms with Crippen molar-refractivity contribution in [2.24, 2.45) is 0 Å². The zero-order valence-corrected chi connectivity index (χ0v) is 11.2. The van der Waals surface area contributed by atoms with E-state index >= 15 is 0 Å². The van der Waals surface area contributed by atoms with E-state index < -0.39 is 17.7 Å². The van der Waals surface area contributed by atoms with Crippen LogP contribution in [0.25, 0.3) is 0 Å². The predicted octanol–water partition coefficient (Wildman–Crippen LogP) is 3.03. The van der Waals surface area contributed by atoms with Crippen LogP contribution in [-0.4, -0.2) is 14.9 Å². The maximum atomic E-state index is 13.6. The molecule has 1 atom stereocenters. The average molecular weight is 317 g/mol. The SMILES string of the molecule is CCn1ncc(Br)c1C(O)c1cc(F)ccc1F. The maximum Gasteiger partial charge on any atom is 0.129 e. The van der Waals surface area contributed by atoms with Crippen LogP contribution in [-0.2, 0) is 6.54 Å². The fourth-order valence-corrected chi connectivity index (χ4v) is 2.28. The monoisotopic (exact) mass is 316 g/mol. The molecule has 0 spiro atoms. The highest BCUT2D eigenvalue weighted by Crippen LogP contribution is 2.30. The Morgan fingerprint density at radius 3 is 2.83 bits per heavy atom. The molecule has 0 radical (unpaired) electrons. The minimum atomic E-state index is -1.27. The smallest absolute Gasteiger partial charge is 0.129 e. The molecule has 0 saturated carbocycles. The van der Waals surface area contributed by atoms with Gasteiger partial charge in [-0.15, -0.1) is 0 Å². The van der Waals surface area contributed by atoms with Crippen molar-refractivity contribution in [1.82, 2.24) is 9.78 Å². The molecule has 1 aromatic carbocycles. The van der Waals surface area contributed by atoms with Crippen molar-refractivity contribution in [3.63, 3.8) is 0 Å². The van der Waals surface area contributed by atoms with E-state index in [1.165, 1.54) is 10.9 Å². The van der Waals surface area contributed by atoms with Gasteiger partial charge in [0.1, 0.15) is 17.7 Å². The Hall–Kier alpha value is -1.27. The molecule has 0 saturated heterocycles. The first-order valence-electron chi connectivity index (χ1n) is 5.38. The lowest BCUT2D eigenvalue weighted by Gasteiger charge is -2.14. The Bertz CT molecular complexity index is 571. The van der Waals surface area contributed by atoms with E-state index in [-0.39, 0.29) is 5.56 Å². The van der Waals surface area contributed by atoms with Crippen molar-refractivity contribution < 1.29 is 13.9 Å². The second kappa shape index (κ2) is 5.16. The number of hydrogen-bond acceptors (Lipinski definition) is 2. The Balaban J connectivity index is 2.50. The second-order valence-electron chi connectivity index (χ2n) is 3.76. The number of aromatic nitrogens is 2. The van der Waals surface area contributed by atoms with Crippen molar-refractivity contribution in [2.45, 2.75) is 19.6 Å². The van der Waals surface area contributed by atoms with E-state index in [4.69, 9.17) is 0 Å². The Labute approximate surface area is 111 Å². The molecule has 0 amide bonds. The van der Waals surface area contributed by atoms with Crippen LogP contribution in [0.2, 0.25) is 0 Å². The number of rotatable bonds is 3. The van der Waals surface area contributed by atoms with Crippen LogP contribution in [0.15, 0.2) is 28.9 Å². The Morgan fingerprint density at radius 1 is 1.44 bits per heavy atom. The summed E-state index contributed by atoms with van der Waals surface area (Å²) in [4.78, 5) is 0. The standard InChI is InChI=1S/C12H11BrF2N2O/c1-2-17-11(9(13)6-16-17)12(18)8-5-7(14)3-4-10(8)15/h3-6,12,18H,2H2,1H3. The molecule has 2 rings (SSSR count). The molecule has 1 heterocycles. The molecule has 0 fully saturated rings. The summed E-state index contributed by atoms with van der Waals surface area (Å²) < 4.78 is 28.8. The number of hydrogen-bond donors (Lipinski definition) is 1. The van der Waals surface area contributed by atoms with Gasteiger partial charge in [0.2, 0.25) is 0 Å². The van der Waals surface area contributed by atoms with Gasteiger partial charge >= 0.3 is 0 Å². The third-order valence-electron chi connectivity index (χ3n) is 2.64. The summed E-state index contributed by atoms with van der Waals surface area (Å²) in [6.45, 7) is 2.37. The topological polar surface area (TPSA) is 38.0 Å². The third kappa shape index (κ3) is 2.30. The van der Waals surface area contributed by atoms with Gasteiger partial charge in [0.25, 0.3) is 0 Å². The fraction of sp³-hybridized carbons (Fsp3) is 0.250.